The van der Waals surface area contributed by atoms with Gasteiger partial charge in [-0.3, -0.25) is 0 Å². The molecule has 0 rings (SSSR count). The molecule has 2 unspecified atom stereocenters. The molecule has 0 nitrogen and oxygen atoms in total. The van der Waals surface area contributed by atoms with Crippen molar-refractivity contribution in [2.24, 2.45) is 81.8 Å². The Morgan fingerprint density at radius 3 is 0.742 bits per heavy atom. The second kappa shape index (κ2) is 53.6. The Bertz CT molecular complexity index is 715. The molecular weight excluding hydrogens is 745 g/mol. The van der Waals surface area contributed by atoms with E-state index < -0.39 is 0 Å². The minimum atomic E-state index is 0.522. The van der Waals surface area contributed by atoms with Crippen LogP contribution in [0.3, 0.4) is 0 Å². The third-order valence-corrected chi connectivity index (χ3v) is 10.9. The monoisotopic (exact) mass is 885 g/mol. The second-order valence-corrected chi connectivity index (χ2v) is 26.1. The summed E-state index contributed by atoms with van der Waals surface area (Å²) in [6.45, 7) is 72.9. The van der Waals surface area contributed by atoms with E-state index in [1.807, 2.05) is 0 Å². The molecule has 0 aromatic rings. The van der Waals surface area contributed by atoms with Crippen molar-refractivity contribution in [2.75, 3.05) is 0 Å². The Morgan fingerprint density at radius 2 is 0.629 bits per heavy atom. The quantitative estimate of drug-likeness (QED) is 0.107. The number of unbranched alkanes of at least 4 members (excludes halogenated alkanes) is 3. The summed E-state index contributed by atoms with van der Waals surface area (Å²) in [4.78, 5) is 0. The normalized spacial score (nSPS) is 12.3. The van der Waals surface area contributed by atoms with E-state index in [4.69, 9.17) is 0 Å². The first-order chi connectivity index (χ1) is 28.0. The van der Waals surface area contributed by atoms with Crippen LogP contribution in [0, 0.1) is 81.8 Å². The van der Waals surface area contributed by atoms with Crippen LogP contribution in [0.1, 0.15) is 324 Å². The van der Waals surface area contributed by atoms with Gasteiger partial charge in [0.05, 0.1) is 0 Å². The van der Waals surface area contributed by atoms with E-state index in [0.717, 1.165) is 71.0 Å². The standard InChI is InChI=1S/C9H20.4C8H18.3C7H16/c1-8(2)6-7-9(3,4)5;1-7(2)6-8(3,4)5;1-7(2)5-6-8(3)4;1-5-6-8(4)7(2)3;1-4-5-6-7-8(2)3;1-6(2)5-7(3)4;1-5-7(4)6(2)3;1-4-5-6-7(2)3/h8H,6-7H2,1-5H3;7H,6H2,1-5H3;2*7-8H,5-6H2,1-4H3;8H,4-7H2,1-3H3;2*6-7H,5H2,1-4H3;7H,4-6H2,1-3H3. The highest BCUT2D eigenvalue weighted by atomic mass is 14.2. The lowest BCUT2D eigenvalue weighted by molar-refractivity contribution is 0.320. The molecule has 0 aromatic carbocycles. The van der Waals surface area contributed by atoms with Gasteiger partial charge >= 0.3 is 0 Å². The molecule has 388 valence electrons. The lowest BCUT2D eigenvalue weighted by atomic mass is 9.86. The molecule has 0 amide bonds. The first kappa shape index (κ1) is 79.1. The first-order valence-corrected chi connectivity index (χ1v) is 28.0. The molecule has 0 radical (unpaired) electrons. The van der Waals surface area contributed by atoms with Crippen molar-refractivity contribution in [2.45, 2.75) is 324 Å². The highest BCUT2D eigenvalue weighted by Gasteiger charge is 2.11. The molecule has 0 saturated heterocycles. The Morgan fingerprint density at radius 1 is 0.290 bits per heavy atom. The van der Waals surface area contributed by atoms with Crippen molar-refractivity contribution in [1.29, 1.82) is 0 Å². The van der Waals surface area contributed by atoms with E-state index in [-0.39, 0.29) is 0 Å². The van der Waals surface area contributed by atoms with Gasteiger partial charge in [-0.15, -0.1) is 0 Å². The van der Waals surface area contributed by atoms with E-state index in [1.54, 1.807) is 0 Å². The zero-order chi connectivity index (χ0) is 51.2. The largest absolute Gasteiger partial charge is 0.0654 e. The molecular formula is C62H140. The van der Waals surface area contributed by atoms with E-state index in [1.165, 1.54) is 103 Å². The van der Waals surface area contributed by atoms with Gasteiger partial charge < -0.3 is 0 Å². The summed E-state index contributed by atoms with van der Waals surface area (Å²) in [5, 5.41) is 0. The molecule has 2 atom stereocenters. The SMILES string of the molecule is CC(C)CC(C)(C)C.CC(C)CC(C)C.CC(C)CCC(C)(C)C.CC(C)CCC(C)C.CCC(C)C(C)C.CCCC(C)C(C)C.CCCCC(C)C.CCCCCC(C)C. The van der Waals surface area contributed by atoms with Crippen molar-refractivity contribution in [3.05, 3.63) is 0 Å². The van der Waals surface area contributed by atoms with Gasteiger partial charge in [0.25, 0.3) is 0 Å². The van der Waals surface area contributed by atoms with Crippen LogP contribution in [0.5, 0.6) is 0 Å². The van der Waals surface area contributed by atoms with Gasteiger partial charge in [-0.25, -0.2) is 0 Å². The summed E-state index contributed by atoms with van der Waals surface area (Å²) < 4.78 is 0. The summed E-state index contributed by atoms with van der Waals surface area (Å²) >= 11 is 0. The third kappa shape index (κ3) is 118. The molecule has 0 heteroatoms. The molecule has 62 heavy (non-hydrogen) atoms. The Kier molecular flexibility index (Phi) is 68.4. The topological polar surface area (TPSA) is 0 Å². The predicted octanol–water partition coefficient (Wildman–Crippen LogP) is 24.1. The van der Waals surface area contributed by atoms with Crippen molar-refractivity contribution < 1.29 is 0 Å². The zero-order valence-electron chi connectivity index (χ0n) is 51.2. The van der Waals surface area contributed by atoms with Crippen LogP contribution in [0.2, 0.25) is 0 Å². The molecule has 0 aliphatic rings. The van der Waals surface area contributed by atoms with E-state index in [9.17, 15) is 0 Å². The Hall–Kier alpha value is 0. The highest BCUT2D eigenvalue weighted by Crippen LogP contribution is 2.24. The smallest absolute Gasteiger partial charge is 0.0380 e. The molecule has 0 aliphatic carbocycles. The summed E-state index contributed by atoms with van der Waals surface area (Å²) in [6.07, 6.45) is 22.0. The average Bonchev–Trinajstić information content (AvgIpc) is 3.08. The second-order valence-electron chi connectivity index (χ2n) is 26.1. The maximum absolute atomic E-state index is 2.33. The maximum Gasteiger partial charge on any atom is -0.0380 e. The van der Waals surface area contributed by atoms with Gasteiger partial charge in [0.1, 0.15) is 0 Å². The van der Waals surface area contributed by atoms with Gasteiger partial charge in [0.2, 0.25) is 0 Å². The Labute approximate surface area is 404 Å². The van der Waals surface area contributed by atoms with Crippen LogP contribution >= 0.6 is 0 Å². The summed E-state index contributed by atoms with van der Waals surface area (Å²) in [6, 6.07) is 0. The lowest BCUT2D eigenvalue weighted by Crippen LogP contribution is -2.08. The van der Waals surface area contributed by atoms with Crippen LogP contribution in [0.4, 0.5) is 0 Å². The van der Waals surface area contributed by atoms with Crippen LogP contribution in [0.25, 0.3) is 0 Å². The molecule has 0 aromatic heterocycles. The molecule has 0 saturated carbocycles. The van der Waals surface area contributed by atoms with Crippen molar-refractivity contribution in [3.63, 3.8) is 0 Å². The average molecular weight is 886 g/mol. The van der Waals surface area contributed by atoms with Gasteiger partial charge in [0.15, 0.2) is 0 Å². The molecule has 0 heterocycles. The maximum atomic E-state index is 2.33. The number of hydrogen-bond donors (Lipinski definition) is 0. The van der Waals surface area contributed by atoms with Crippen LogP contribution in [-0.2, 0) is 0 Å². The number of hydrogen-bond acceptors (Lipinski definition) is 0. The van der Waals surface area contributed by atoms with E-state index in [2.05, 4.69) is 222 Å². The van der Waals surface area contributed by atoms with Gasteiger partial charge in [-0.05, 0) is 101 Å². The van der Waals surface area contributed by atoms with Crippen LogP contribution in [-0.4, -0.2) is 0 Å². The number of rotatable bonds is 20. The van der Waals surface area contributed by atoms with E-state index in [0.29, 0.717) is 10.8 Å². The summed E-state index contributed by atoms with van der Waals surface area (Å²) in [5.41, 5.74) is 1.05. The molecule has 0 fully saturated rings. The van der Waals surface area contributed by atoms with Crippen LogP contribution < -0.4 is 0 Å². The fourth-order valence-electron chi connectivity index (χ4n) is 6.23. The summed E-state index contributed by atoms with van der Waals surface area (Å²) in [7, 11) is 0. The molecule has 0 aliphatic heterocycles. The van der Waals surface area contributed by atoms with Crippen molar-refractivity contribution in [3.8, 4) is 0 Å². The first-order valence-electron chi connectivity index (χ1n) is 28.0. The third-order valence-electron chi connectivity index (χ3n) is 10.9. The fraction of sp³-hybridized carbons (Fsp3) is 1.00. The Balaban J connectivity index is -0.0000000897. The minimum Gasteiger partial charge on any atom is -0.0654 e. The molecule has 0 spiro atoms. The van der Waals surface area contributed by atoms with Crippen molar-refractivity contribution >= 4 is 0 Å². The fourth-order valence-corrected chi connectivity index (χ4v) is 6.23. The van der Waals surface area contributed by atoms with Crippen LogP contribution in [0.15, 0.2) is 0 Å². The van der Waals surface area contributed by atoms with Gasteiger partial charge in [0, 0.05) is 0 Å². The minimum absolute atomic E-state index is 0.522. The molecule has 0 N–H and O–H groups in total. The van der Waals surface area contributed by atoms with Crippen molar-refractivity contribution in [1.82, 2.24) is 0 Å². The molecule has 0 bridgehead atoms. The predicted molar refractivity (Wildman–Crippen MR) is 302 cm³/mol. The van der Waals surface area contributed by atoms with Gasteiger partial charge in [-0.2, -0.15) is 0 Å². The van der Waals surface area contributed by atoms with E-state index >= 15 is 0 Å². The summed E-state index contributed by atoms with van der Waals surface area (Å²) in [5.74, 6) is 10.6. The lowest BCUT2D eigenvalue weighted by Gasteiger charge is -2.19. The highest BCUT2D eigenvalue weighted by molar-refractivity contribution is 4.63. The van der Waals surface area contributed by atoms with Gasteiger partial charge in [-0.1, -0.05) is 305 Å². The zero-order valence-corrected chi connectivity index (χ0v) is 51.2.